The first-order valence-corrected chi connectivity index (χ1v) is 10.7. The Balaban J connectivity index is 2.07. The summed E-state index contributed by atoms with van der Waals surface area (Å²) in [6, 6.07) is 16.9. The van der Waals surface area contributed by atoms with Gasteiger partial charge in [-0.25, -0.2) is 8.42 Å². The van der Waals surface area contributed by atoms with E-state index in [-0.39, 0.29) is 21.9 Å². The summed E-state index contributed by atoms with van der Waals surface area (Å²) < 4.78 is 32.3. The number of carbonyl (C=O) groups excluding carboxylic acids is 1. The SMILES string of the molecule is COc1ccc(S(=O)(=O)N(C)c2ccc(Cl)cc2C(=O)c2cccc(Cl)c2)cc1. The van der Waals surface area contributed by atoms with E-state index in [1.54, 1.807) is 30.3 Å². The van der Waals surface area contributed by atoms with Gasteiger partial charge in [0, 0.05) is 28.2 Å². The molecule has 0 aromatic heterocycles. The fourth-order valence-corrected chi connectivity index (χ4v) is 4.36. The Hall–Kier alpha value is -2.54. The maximum atomic E-state index is 13.1. The number of ether oxygens (including phenoxy) is 1. The van der Waals surface area contributed by atoms with Gasteiger partial charge in [0.1, 0.15) is 5.75 Å². The van der Waals surface area contributed by atoms with E-state index in [0.29, 0.717) is 21.4 Å². The van der Waals surface area contributed by atoms with Crippen molar-refractivity contribution >= 4 is 44.7 Å². The molecule has 0 aliphatic heterocycles. The molecular weight excluding hydrogens is 433 g/mol. The number of nitrogens with zero attached hydrogens (tertiary/aromatic N) is 1. The molecule has 0 saturated heterocycles. The first kappa shape index (κ1) is 21.2. The smallest absolute Gasteiger partial charge is 0.264 e. The molecule has 0 spiro atoms. The number of hydrogen-bond donors (Lipinski definition) is 0. The lowest BCUT2D eigenvalue weighted by atomic mass is 10.0. The molecule has 150 valence electrons. The van der Waals surface area contributed by atoms with Crippen molar-refractivity contribution in [3.8, 4) is 5.75 Å². The van der Waals surface area contributed by atoms with Gasteiger partial charge in [-0.2, -0.15) is 0 Å². The van der Waals surface area contributed by atoms with Crippen LogP contribution in [0.4, 0.5) is 5.69 Å². The normalized spacial score (nSPS) is 11.2. The molecule has 0 atom stereocenters. The molecule has 0 saturated carbocycles. The Morgan fingerprint density at radius 1 is 0.931 bits per heavy atom. The lowest BCUT2D eigenvalue weighted by Crippen LogP contribution is -2.28. The summed E-state index contributed by atoms with van der Waals surface area (Å²) >= 11 is 12.1. The minimum absolute atomic E-state index is 0.0666. The van der Waals surface area contributed by atoms with Crippen LogP contribution >= 0.6 is 23.2 Å². The molecule has 8 heteroatoms. The third-order valence-electron chi connectivity index (χ3n) is 4.35. The van der Waals surface area contributed by atoms with E-state index in [1.807, 2.05) is 0 Å². The second-order valence-electron chi connectivity index (χ2n) is 6.15. The van der Waals surface area contributed by atoms with E-state index in [9.17, 15) is 13.2 Å². The highest BCUT2D eigenvalue weighted by Gasteiger charge is 2.26. The van der Waals surface area contributed by atoms with Crippen LogP contribution < -0.4 is 9.04 Å². The second-order valence-corrected chi connectivity index (χ2v) is 8.99. The minimum Gasteiger partial charge on any atom is -0.497 e. The number of halogens is 2. The van der Waals surface area contributed by atoms with Gasteiger partial charge in [0.25, 0.3) is 10.0 Å². The van der Waals surface area contributed by atoms with Crippen molar-refractivity contribution in [1.29, 1.82) is 0 Å². The standard InChI is InChI=1S/C21H17Cl2NO4S/c1-24(29(26,27)18-9-7-17(28-2)8-10-18)20-11-6-16(23)13-19(20)21(25)14-4-3-5-15(22)12-14/h3-13H,1-2H3. The van der Waals surface area contributed by atoms with E-state index in [0.717, 1.165) is 4.31 Å². The van der Waals surface area contributed by atoms with Gasteiger partial charge in [0.05, 0.1) is 17.7 Å². The largest absolute Gasteiger partial charge is 0.497 e. The number of ketones is 1. The van der Waals surface area contributed by atoms with Gasteiger partial charge in [-0.05, 0) is 54.6 Å². The molecular formula is C21H17Cl2NO4S. The van der Waals surface area contributed by atoms with Crippen LogP contribution in [0.3, 0.4) is 0 Å². The maximum Gasteiger partial charge on any atom is 0.264 e. The molecule has 0 N–H and O–H groups in total. The quantitative estimate of drug-likeness (QED) is 0.493. The predicted octanol–water partition coefficient (Wildman–Crippen LogP) is 5.06. The highest BCUT2D eigenvalue weighted by atomic mass is 35.5. The molecule has 0 aliphatic carbocycles. The zero-order valence-corrected chi connectivity index (χ0v) is 17.9. The molecule has 0 amide bonds. The number of anilines is 1. The van der Waals surface area contributed by atoms with Gasteiger partial charge in [0.2, 0.25) is 0 Å². The summed E-state index contributed by atoms with van der Waals surface area (Å²) in [6.07, 6.45) is 0. The van der Waals surface area contributed by atoms with E-state index in [4.69, 9.17) is 27.9 Å². The molecule has 3 aromatic rings. The van der Waals surface area contributed by atoms with Crippen LogP contribution in [-0.4, -0.2) is 28.4 Å². The summed E-state index contributed by atoms with van der Waals surface area (Å²) in [5, 5.41) is 0.716. The van der Waals surface area contributed by atoms with Crippen LogP contribution in [0.5, 0.6) is 5.75 Å². The Kier molecular flexibility index (Phi) is 6.17. The average molecular weight is 450 g/mol. The zero-order valence-electron chi connectivity index (χ0n) is 15.6. The Morgan fingerprint density at radius 3 is 2.21 bits per heavy atom. The Morgan fingerprint density at radius 2 is 1.59 bits per heavy atom. The molecule has 3 aromatic carbocycles. The van der Waals surface area contributed by atoms with Crippen molar-refractivity contribution in [2.45, 2.75) is 4.90 Å². The summed E-state index contributed by atoms with van der Waals surface area (Å²) in [5.74, 6) is 0.150. The number of hydrogen-bond acceptors (Lipinski definition) is 4. The van der Waals surface area contributed by atoms with Crippen molar-refractivity contribution in [3.63, 3.8) is 0 Å². The second kappa shape index (κ2) is 8.45. The summed E-state index contributed by atoms with van der Waals surface area (Å²) in [4.78, 5) is 13.1. The van der Waals surface area contributed by atoms with Gasteiger partial charge in [-0.3, -0.25) is 9.10 Å². The first-order chi connectivity index (χ1) is 13.7. The van der Waals surface area contributed by atoms with Crippen molar-refractivity contribution < 1.29 is 17.9 Å². The molecule has 29 heavy (non-hydrogen) atoms. The number of rotatable bonds is 6. The average Bonchev–Trinajstić information content (AvgIpc) is 2.72. The van der Waals surface area contributed by atoms with Crippen LogP contribution in [0.15, 0.2) is 71.6 Å². The molecule has 0 fully saturated rings. The zero-order chi connectivity index (χ0) is 21.2. The van der Waals surface area contributed by atoms with Gasteiger partial charge < -0.3 is 4.74 Å². The lowest BCUT2D eigenvalue weighted by molar-refractivity contribution is 0.103. The highest BCUT2D eigenvalue weighted by molar-refractivity contribution is 7.92. The van der Waals surface area contributed by atoms with Crippen LogP contribution in [-0.2, 0) is 10.0 Å². The number of carbonyl (C=O) groups is 1. The van der Waals surface area contributed by atoms with E-state index < -0.39 is 10.0 Å². The van der Waals surface area contributed by atoms with Crippen molar-refractivity contribution in [2.75, 3.05) is 18.5 Å². The molecule has 0 radical (unpaired) electrons. The molecule has 0 aliphatic rings. The van der Waals surface area contributed by atoms with Gasteiger partial charge >= 0.3 is 0 Å². The lowest BCUT2D eigenvalue weighted by Gasteiger charge is -2.22. The third kappa shape index (κ3) is 4.40. The predicted molar refractivity (Wildman–Crippen MR) is 115 cm³/mol. The van der Waals surface area contributed by atoms with Crippen molar-refractivity contribution in [2.24, 2.45) is 0 Å². The highest BCUT2D eigenvalue weighted by Crippen LogP contribution is 2.30. The van der Waals surface area contributed by atoms with Crippen LogP contribution in [0.1, 0.15) is 15.9 Å². The summed E-state index contributed by atoms with van der Waals surface area (Å²) in [6.45, 7) is 0. The van der Waals surface area contributed by atoms with Crippen LogP contribution in [0.25, 0.3) is 0 Å². The third-order valence-corrected chi connectivity index (χ3v) is 6.60. The Labute approximate surface area is 179 Å². The summed E-state index contributed by atoms with van der Waals surface area (Å²) in [5.41, 5.74) is 0.686. The summed E-state index contributed by atoms with van der Waals surface area (Å²) in [7, 11) is -1.04. The van der Waals surface area contributed by atoms with E-state index in [2.05, 4.69) is 0 Å². The monoisotopic (exact) mass is 449 g/mol. The molecule has 3 rings (SSSR count). The molecule has 5 nitrogen and oxygen atoms in total. The fraction of sp³-hybridized carbons (Fsp3) is 0.0952. The first-order valence-electron chi connectivity index (χ1n) is 8.47. The van der Waals surface area contributed by atoms with Gasteiger partial charge in [-0.1, -0.05) is 35.3 Å². The topological polar surface area (TPSA) is 63.7 Å². The number of methoxy groups -OCH3 is 1. The van der Waals surface area contributed by atoms with Crippen molar-refractivity contribution in [1.82, 2.24) is 0 Å². The number of sulfonamides is 1. The van der Waals surface area contributed by atoms with Gasteiger partial charge in [-0.15, -0.1) is 0 Å². The van der Waals surface area contributed by atoms with Crippen LogP contribution in [0, 0.1) is 0 Å². The molecule has 0 heterocycles. The van der Waals surface area contributed by atoms with Crippen LogP contribution in [0.2, 0.25) is 10.0 Å². The van der Waals surface area contributed by atoms with Gasteiger partial charge in [0.15, 0.2) is 5.78 Å². The number of benzene rings is 3. The van der Waals surface area contributed by atoms with E-state index >= 15 is 0 Å². The van der Waals surface area contributed by atoms with Crippen molar-refractivity contribution in [3.05, 3.63) is 87.9 Å². The molecule has 0 unspecified atom stereocenters. The van der Waals surface area contributed by atoms with E-state index in [1.165, 1.54) is 50.6 Å². The molecule has 0 bridgehead atoms. The fourth-order valence-electron chi connectivity index (χ4n) is 2.79. The maximum absolute atomic E-state index is 13.1. The minimum atomic E-state index is -3.92. The Bertz CT molecular complexity index is 1160.